The molecule has 0 atom stereocenters. The number of rotatable bonds is 8. The van der Waals surface area contributed by atoms with Crippen LogP contribution in [-0.2, 0) is 4.74 Å². The van der Waals surface area contributed by atoms with Crippen molar-refractivity contribution in [1.29, 1.82) is 0 Å². The van der Waals surface area contributed by atoms with Gasteiger partial charge in [-0.1, -0.05) is 27.7 Å². The lowest BCUT2D eigenvalue weighted by atomic mass is 9.77. The maximum Gasteiger partial charge on any atom is 0.0593 e. The highest BCUT2D eigenvalue weighted by molar-refractivity contribution is 4.74. The smallest absolute Gasteiger partial charge is 0.0593 e. The number of ether oxygens (including phenoxy) is 1. The molecule has 2 heteroatoms. The van der Waals surface area contributed by atoms with Crippen molar-refractivity contribution in [3.8, 4) is 0 Å². The molecule has 0 amide bonds. The van der Waals surface area contributed by atoms with Gasteiger partial charge >= 0.3 is 0 Å². The lowest BCUT2D eigenvalue weighted by molar-refractivity contribution is 0.0603. The zero-order valence-corrected chi connectivity index (χ0v) is 13.8. The van der Waals surface area contributed by atoms with Crippen molar-refractivity contribution in [2.24, 2.45) is 23.7 Å². The van der Waals surface area contributed by atoms with E-state index in [9.17, 15) is 0 Å². The van der Waals surface area contributed by atoms with Crippen molar-refractivity contribution < 1.29 is 4.74 Å². The average molecular weight is 269 g/mol. The highest BCUT2D eigenvalue weighted by Crippen LogP contribution is 2.33. The monoisotopic (exact) mass is 269 g/mol. The minimum atomic E-state index is 0.747. The fourth-order valence-electron chi connectivity index (χ4n) is 3.21. The highest BCUT2D eigenvalue weighted by Gasteiger charge is 2.23. The molecule has 0 heterocycles. The summed E-state index contributed by atoms with van der Waals surface area (Å²) in [7, 11) is 2.19. The second-order valence-corrected chi connectivity index (χ2v) is 7.26. The molecule has 114 valence electrons. The molecule has 0 spiro atoms. The molecule has 0 aromatic rings. The molecule has 1 rings (SSSR count). The number of likely N-dealkylation sites (N-methyl/N-ethyl adjacent to an activating group) is 1. The third-order valence-corrected chi connectivity index (χ3v) is 4.48. The molecule has 1 fully saturated rings. The third kappa shape index (κ3) is 7.31. The quantitative estimate of drug-likeness (QED) is 0.616. The molecule has 0 radical (unpaired) electrons. The largest absolute Gasteiger partial charge is 0.380 e. The minimum absolute atomic E-state index is 0.747. The normalized spacial score (nSPS) is 24.6. The number of nitrogens with zero attached hydrogens (tertiary/aromatic N) is 1. The molecule has 2 nitrogen and oxygen atoms in total. The van der Waals surface area contributed by atoms with E-state index in [2.05, 4.69) is 39.6 Å². The minimum Gasteiger partial charge on any atom is -0.380 e. The van der Waals surface area contributed by atoms with Crippen LogP contribution in [0.3, 0.4) is 0 Å². The third-order valence-electron chi connectivity index (χ3n) is 4.48. The topological polar surface area (TPSA) is 12.5 Å². The molecular weight excluding hydrogens is 234 g/mol. The van der Waals surface area contributed by atoms with Gasteiger partial charge in [0, 0.05) is 19.7 Å². The first kappa shape index (κ1) is 17.0. The van der Waals surface area contributed by atoms with Gasteiger partial charge in [0.25, 0.3) is 0 Å². The van der Waals surface area contributed by atoms with Crippen LogP contribution >= 0.6 is 0 Å². The van der Waals surface area contributed by atoms with E-state index >= 15 is 0 Å². The van der Waals surface area contributed by atoms with Crippen molar-refractivity contribution in [3.63, 3.8) is 0 Å². The van der Waals surface area contributed by atoms with Crippen LogP contribution in [0.2, 0.25) is 0 Å². The van der Waals surface area contributed by atoms with Gasteiger partial charge in [-0.3, -0.25) is 0 Å². The van der Waals surface area contributed by atoms with Crippen LogP contribution in [-0.4, -0.2) is 38.3 Å². The van der Waals surface area contributed by atoms with Crippen LogP contribution < -0.4 is 0 Å². The summed E-state index contributed by atoms with van der Waals surface area (Å²) in [4.78, 5) is 2.38. The van der Waals surface area contributed by atoms with Gasteiger partial charge in [0.1, 0.15) is 0 Å². The van der Waals surface area contributed by atoms with Gasteiger partial charge in [-0.25, -0.2) is 0 Å². The summed E-state index contributed by atoms with van der Waals surface area (Å²) < 4.78 is 5.88. The Bertz CT molecular complexity index is 219. The van der Waals surface area contributed by atoms with E-state index in [1.54, 1.807) is 0 Å². The zero-order chi connectivity index (χ0) is 14.3. The Balaban J connectivity index is 2.02. The zero-order valence-electron chi connectivity index (χ0n) is 13.8. The van der Waals surface area contributed by atoms with Gasteiger partial charge in [0.15, 0.2) is 0 Å². The number of hydrogen-bond donors (Lipinski definition) is 0. The Morgan fingerprint density at radius 1 is 1.05 bits per heavy atom. The Labute approximate surface area is 120 Å². The summed E-state index contributed by atoms with van der Waals surface area (Å²) in [6.45, 7) is 13.4. The summed E-state index contributed by atoms with van der Waals surface area (Å²) in [5, 5.41) is 0. The van der Waals surface area contributed by atoms with Gasteiger partial charge in [-0.2, -0.15) is 0 Å². The Kier molecular flexibility index (Phi) is 8.01. The molecule has 1 saturated carbocycles. The van der Waals surface area contributed by atoms with Crippen molar-refractivity contribution in [2.75, 3.05) is 33.4 Å². The van der Waals surface area contributed by atoms with E-state index in [1.807, 2.05) is 0 Å². The van der Waals surface area contributed by atoms with E-state index < -0.39 is 0 Å². The SMILES string of the molecule is CC(C)CN(C)CCOCC1CCC(C(C)C)CC1. The predicted molar refractivity (Wildman–Crippen MR) is 83.4 cm³/mol. The highest BCUT2D eigenvalue weighted by atomic mass is 16.5. The Morgan fingerprint density at radius 3 is 2.21 bits per heavy atom. The van der Waals surface area contributed by atoms with E-state index in [1.165, 1.54) is 32.2 Å². The lowest BCUT2D eigenvalue weighted by Crippen LogP contribution is -2.28. The Morgan fingerprint density at radius 2 is 1.68 bits per heavy atom. The maximum atomic E-state index is 5.88. The summed E-state index contributed by atoms with van der Waals surface area (Å²) in [6, 6.07) is 0. The van der Waals surface area contributed by atoms with Gasteiger partial charge in [-0.15, -0.1) is 0 Å². The standard InChI is InChI=1S/C17H35NO/c1-14(2)12-18(5)10-11-19-13-16-6-8-17(9-7-16)15(3)4/h14-17H,6-13H2,1-5H3. The first-order chi connectivity index (χ1) is 8.99. The van der Waals surface area contributed by atoms with Crippen LogP contribution in [0.5, 0.6) is 0 Å². The van der Waals surface area contributed by atoms with Crippen molar-refractivity contribution in [2.45, 2.75) is 53.4 Å². The van der Waals surface area contributed by atoms with Crippen molar-refractivity contribution >= 4 is 0 Å². The van der Waals surface area contributed by atoms with E-state index in [-0.39, 0.29) is 0 Å². The van der Waals surface area contributed by atoms with Crippen molar-refractivity contribution in [3.05, 3.63) is 0 Å². The fourth-order valence-corrected chi connectivity index (χ4v) is 3.21. The summed E-state index contributed by atoms with van der Waals surface area (Å²) in [6.07, 6.45) is 5.59. The summed E-state index contributed by atoms with van der Waals surface area (Å²) in [5.41, 5.74) is 0. The van der Waals surface area contributed by atoms with Gasteiger partial charge < -0.3 is 9.64 Å². The molecule has 0 N–H and O–H groups in total. The summed E-state index contributed by atoms with van der Waals surface area (Å²) >= 11 is 0. The van der Waals surface area contributed by atoms with Crippen LogP contribution in [0.15, 0.2) is 0 Å². The molecule has 1 aliphatic carbocycles. The molecular formula is C17H35NO. The molecule has 0 aliphatic heterocycles. The van der Waals surface area contributed by atoms with Crippen LogP contribution in [0.1, 0.15) is 53.4 Å². The van der Waals surface area contributed by atoms with E-state index in [4.69, 9.17) is 4.74 Å². The average Bonchev–Trinajstić information content (AvgIpc) is 2.34. The van der Waals surface area contributed by atoms with Crippen molar-refractivity contribution in [1.82, 2.24) is 4.90 Å². The van der Waals surface area contributed by atoms with Gasteiger partial charge in [0.05, 0.1) is 6.61 Å². The fraction of sp³-hybridized carbons (Fsp3) is 1.00. The first-order valence-corrected chi connectivity index (χ1v) is 8.25. The van der Waals surface area contributed by atoms with Gasteiger partial charge in [-0.05, 0) is 56.4 Å². The molecule has 0 bridgehead atoms. The second-order valence-electron chi connectivity index (χ2n) is 7.26. The molecule has 0 aromatic heterocycles. The van der Waals surface area contributed by atoms with Crippen LogP contribution in [0.4, 0.5) is 0 Å². The lowest BCUT2D eigenvalue weighted by Gasteiger charge is -2.30. The second kappa shape index (κ2) is 8.97. The molecule has 0 unspecified atom stereocenters. The molecule has 1 aliphatic rings. The number of hydrogen-bond acceptors (Lipinski definition) is 2. The van der Waals surface area contributed by atoms with E-state index in [0.29, 0.717) is 0 Å². The molecule has 19 heavy (non-hydrogen) atoms. The van der Waals surface area contributed by atoms with Crippen LogP contribution in [0, 0.1) is 23.7 Å². The van der Waals surface area contributed by atoms with Gasteiger partial charge in [0.2, 0.25) is 0 Å². The molecule has 0 saturated heterocycles. The van der Waals surface area contributed by atoms with Crippen LogP contribution in [0.25, 0.3) is 0 Å². The Hall–Kier alpha value is -0.0800. The van der Waals surface area contributed by atoms with E-state index in [0.717, 1.165) is 43.4 Å². The predicted octanol–water partition coefficient (Wildman–Crippen LogP) is 4.05. The molecule has 0 aromatic carbocycles. The first-order valence-electron chi connectivity index (χ1n) is 8.25. The summed E-state index contributed by atoms with van der Waals surface area (Å²) in [5.74, 6) is 3.40. The maximum absolute atomic E-state index is 5.88.